The molecular weight excluding hydrogens is 254 g/mol. The van der Waals surface area contributed by atoms with Gasteiger partial charge in [0, 0.05) is 52.2 Å². The fraction of sp³-hybridized carbons (Fsp3) is 0.600. The lowest BCUT2D eigenvalue weighted by Crippen LogP contribution is -2.30. The van der Waals surface area contributed by atoms with Crippen LogP contribution in [-0.4, -0.2) is 56.2 Å². The quantitative estimate of drug-likeness (QED) is 0.652. The summed E-state index contributed by atoms with van der Waals surface area (Å²) in [5, 5.41) is 2.89. The summed E-state index contributed by atoms with van der Waals surface area (Å²) in [5.74, 6) is 0.108. The van der Waals surface area contributed by atoms with Gasteiger partial charge >= 0.3 is 0 Å². The number of rotatable bonds is 10. The maximum atomic E-state index is 11.6. The SMILES string of the molecule is COCCCNC(=O)CCN(C)CCc1ccncc1. The predicted octanol–water partition coefficient (Wildman–Crippen LogP) is 1.10. The Morgan fingerprint density at radius 3 is 2.80 bits per heavy atom. The molecule has 0 radical (unpaired) electrons. The topological polar surface area (TPSA) is 54.5 Å². The molecule has 0 aromatic carbocycles. The monoisotopic (exact) mass is 279 g/mol. The molecule has 1 rings (SSSR count). The Morgan fingerprint density at radius 2 is 2.10 bits per heavy atom. The number of hydrogen-bond donors (Lipinski definition) is 1. The Labute approximate surface area is 121 Å². The van der Waals surface area contributed by atoms with Crippen molar-refractivity contribution in [1.29, 1.82) is 0 Å². The van der Waals surface area contributed by atoms with E-state index in [0.29, 0.717) is 19.6 Å². The summed E-state index contributed by atoms with van der Waals surface area (Å²) in [4.78, 5) is 17.8. The minimum absolute atomic E-state index is 0.108. The van der Waals surface area contributed by atoms with E-state index in [0.717, 1.165) is 25.9 Å². The van der Waals surface area contributed by atoms with Crippen LogP contribution in [0.4, 0.5) is 0 Å². The summed E-state index contributed by atoms with van der Waals surface area (Å²) in [7, 11) is 3.71. The van der Waals surface area contributed by atoms with Gasteiger partial charge in [-0.1, -0.05) is 0 Å². The first-order valence-corrected chi connectivity index (χ1v) is 7.05. The number of aromatic nitrogens is 1. The Balaban J connectivity index is 2.07. The standard InChI is InChI=1S/C15H25N3O2/c1-18(11-6-14-4-9-16-10-5-14)12-7-15(19)17-8-3-13-20-2/h4-5,9-10H,3,6-8,11-13H2,1-2H3,(H,17,19). The molecule has 0 unspecified atom stereocenters. The molecule has 112 valence electrons. The van der Waals surface area contributed by atoms with Gasteiger partial charge in [-0.3, -0.25) is 9.78 Å². The normalized spacial score (nSPS) is 10.8. The molecule has 1 heterocycles. The Kier molecular flexibility index (Phi) is 8.58. The second-order valence-electron chi connectivity index (χ2n) is 4.86. The molecule has 1 N–H and O–H groups in total. The van der Waals surface area contributed by atoms with Crippen molar-refractivity contribution in [2.75, 3.05) is 40.4 Å². The lowest BCUT2D eigenvalue weighted by molar-refractivity contribution is -0.121. The van der Waals surface area contributed by atoms with E-state index in [4.69, 9.17) is 4.74 Å². The molecule has 0 spiro atoms. The maximum absolute atomic E-state index is 11.6. The van der Waals surface area contributed by atoms with Crippen molar-refractivity contribution < 1.29 is 9.53 Å². The van der Waals surface area contributed by atoms with Crippen LogP contribution in [0.15, 0.2) is 24.5 Å². The molecule has 0 atom stereocenters. The summed E-state index contributed by atoms with van der Waals surface area (Å²) >= 11 is 0. The lowest BCUT2D eigenvalue weighted by atomic mass is 10.2. The summed E-state index contributed by atoms with van der Waals surface area (Å²) in [6.07, 6.45) is 6.00. The van der Waals surface area contributed by atoms with Crippen LogP contribution >= 0.6 is 0 Å². The summed E-state index contributed by atoms with van der Waals surface area (Å²) in [5.41, 5.74) is 1.27. The Hall–Kier alpha value is -1.46. The average Bonchev–Trinajstić information content (AvgIpc) is 2.48. The van der Waals surface area contributed by atoms with Crippen molar-refractivity contribution in [3.8, 4) is 0 Å². The molecule has 5 nitrogen and oxygen atoms in total. The van der Waals surface area contributed by atoms with Crippen molar-refractivity contribution >= 4 is 5.91 Å². The second kappa shape index (κ2) is 10.3. The molecule has 0 saturated carbocycles. The number of nitrogens with one attached hydrogen (secondary N) is 1. The van der Waals surface area contributed by atoms with Crippen LogP contribution in [0.3, 0.4) is 0 Å². The Bertz CT molecular complexity index is 371. The first-order valence-electron chi connectivity index (χ1n) is 7.05. The number of hydrogen-bond acceptors (Lipinski definition) is 4. The molecule has 1 aromatic rings. The zero-order chi connectivity index (χ0) is 14.6. The van der Waals surface area contributed by atoms with Crippen LogP contribution in [0.25, 0.3) is 0 Å². The van der Waals surface area contributed by atoms with Crippen LogP contribution in [0.2, 0.25) is 0 Å². The molecule has 0 aliphatic carbocycles. The highest BCUT2D eigenvalue weighted by molar-refractivity contribution is 5.75. The van der Waals surface area contributed by atoms with Gasteiger partial charge in [0.05, 0.1) is 0 Å². The number of amides is 1. The molecule has 5 heteroatoms. The van der Waals surface area contributed by atoms with Crippen LogP contribution < -0.4 is 5.32 Å². The summed E-state index contributed by atoms with van der Waals surface area (Å²) < 4.78 is 4.93. The van der Waals surface area contributed by atoms with Gasteiger partial charge in [-0.25, -0.2) is 0 Å². The van der Waals surface area contributed by atoms with Gasteiger partial charge in [0.2, 0.25) is 5.91 Å². The lowest BCUT2D eigenvalue weighted by Gasteiger charge is -2.16. The van der Waals surface area contributed by atoms with Crippen LogP contribution in [0.1, 0.15) is 18.4 Å². The van der Waals surface area contributed by atoms with E-state index in [9.17, 15) is 4.79 Å². The molecule has 0 saturated heterocycles. The number of pyridine rings is 1. The first kappa shape index (κ1) is 16.6. The zero-order valence-corrected chi connectivity index (χ0v) is 12.5. The third-order valence-electron chi connectivity index (χ3n) is 3.10. The van der Waals surface area contributed by atoms with Gasteiger partial charge in [-0.15, -0.1) is 0 Å². The zero-order valence-electron chi connectivity index (χ0n) is 12.5. The van der Waals surface area contributed by atoms with E-state index in [1.54, 1.807) is 7.11 Å². The number of carbonyl (C=O) groups is 1. The van der Waals surface area contributed by atoms with Crippen LogP contribution in [0, 0.1) is 0 Å². The van der Waals surface area contributed by atoms with Crippen LogP contribution in [-0.2, 0) is 16.0 Å². The third kappa shape index (κ3) is 7.86. The van der Waals surface area contributed by atoms with Crippen molar-refractivity contribution in [3.63, 3.8) is 0 Å². The van der Waals surface area contributed by atoms with Crippen molar-refractivity contribution in [2.45, 2.75) is 19.3 Å². The smallest absolute Gasteiger partial charge is 0.221 e. The number of nitrogens with zero attached hydrogens (tertiary/aromatic N) is 2. The van der Waals surface area contributed by atoms with E-state index in [2.05, 4.69) is 15.2 Å². The van der Waals surface area contributed by atoms with Gasteiger partial charge in [-0.05, 0) is 37.6 Å². The maximum Gasteiger partial charge on any atom is 0.221 e. The van der Waals surface area contributed by atoms with Gasteiger partial charge < -0.3 is 15.0 Å². The van der Waals surface area contributed by atoms with Crippen molar-refractivity contribution in [3.05, 3.63) is 30.1 Å². The number of carbonyl (C=O) groups excluding carboxylic acids is 1. The molecule has 0 bridgehead atoms. The van der Waals surface area contributed by atoms with Gasteiger partial charge in [0.1, 0.15) is 0 Å². The highest BCUT2D eigenvalue weighted by Crippen LogP contribution is 1.99. The van der Waals surface area contributed by atoms with Crippen molar-refractivity contribution in [1.82, 2.24) is 15.2 Å². The van der Waals surface area contributed by atoms with Gasteiger partial charge in [0.25, 0.3) is 0 Å². The summed E-state index contributed by atoms with van der Waals surface area (Å²) in [6.45, 7) is 3.10. The predicted molar refractivity (Wildman–Crippen MR) is 79.6 cm³/mol. The minimum atomic E-state index is 0.108. The van der Waals surface area contributed by atoms with E-state index in [1.165, 1.54) is 5.56 Å². The molecule has 0 aliphatic heterocycles. The van der Waals surface area contributed by atoms with Gasteiger partial charge in [0.15, 0.2) is 0 Å². The van der Waals surface area contributed by atoms with Crippen molar-refractivity contribution in [2.24, 2.45) is 0 Å². The molecule has 1 amide bonds. The summed E-state index contributed by atoms with van der Waals surface area (Å²) in [6, 6.07) is 4.05. The van der Waals surface area contributed by atoms with E-state index in [1.807, 2.05) is 31.6 Å². The van der Waals surface area contributed by atoms with E-state index in [-0.39, 0.29) is 5.91 Å². The van der Waals surface area contributed by atoms with E-state index >= 15 is 0 Å². The molecule has 1 aromatic heterocycles. The second-order valence-corrected chi connectivity index (χ2v) is 4.86. The highest BCUT2D eigenvalue weighted by atomic mass is 16.5. The Morgan fingerprint density at radius 1 is 1.35 bits per heavy atom. The average molecular weight is 279 g/mol. The fourth-order valence-corrected chi connectivity index (χ4v) is 1.81. The highest BCUT2D eigenvalue weighted by Gasteiger charge is 2.04. The first-order chi connectivity index (χ1) is 9.72. The molecule has 0 aliphatic rings. The fourth-order valence-electron chi connectivity index (χ4n) is 1.81. The largest absolute Gasteiger partial charge is 0.385 e. The molecule has 20 heavy (non-hydrogen) atoms. The van der Waals surface area contributed by atoms with E-state index < -0.39 is 0 Å². The van der Waals surface area contributed by atoms with Crippen LogP contribution in [0.5, 0.6) is 0 Å². The number of ether oxygens (including phenoxy) is 1. The number of likely N-dealkylation sites (N-methyl/N-ethyl adjacent to an activating group) is 1. The van der Waals surface area contributed by atoms with Gasteiger partial charge in [-0.2, -0.15) is 0 Å². The molecule has 0 fully saturated rings. The number of methoxy groups -OCH3 is 1. The molecular formula is C15H25N3O2. The minimum Gasteiger partial charge on any atom is -0.385 e. The third-order valence-corrected chi connectivity index (χ3v) is 3.10.